The highest BCUT2D eigenvalue weighted by molar-refractivity contribution is 7.85. The molecule has 0 bridgehead atoms. The highest BCUT2D eigenvalue weighted by Crippen LogP contribution is 2.03. The van der Waals surface area contributed by atoms with Crippen molar-refractivity contribution in [3.8, 4) is 0 Å². The third kappa shape index (κ3) is 3.76. The van der Waals surface area contributed by atoms with Crippen LogP contribution in [0.3, 0.4) is 0 Å². The molecule has 0 aliphatic rings. The molecule has 1 aromatic rings. The van der Waals surface area contributed by atoms with E-state index < -0.39 is 10.8 Å². The molecule has 1 heterocycles. The van der Waals surface area contributed by atoms with Gasteiger partial charge in [-0.3, -0.25) is 4.21 Å². The predicted octanol–water partition coefficient (Wildman–Crippen LogP) is 0.678. The lowest BCUT2D eigenvalue weighted by atomic mass is 10.3. The molecule has 0 aliphatic heterocycles. The molecule has 2 unspecified atom stereocenters. The molecule has 0 spiro atoms. The molecule has 2 N–H and O–H groups in total. The first-order valence-electron chi connectivity index (χ1n) is 5.20. The second kappa shape index (κ2) is 6.02. The Morgan fingerprint density at radius 1 is 1.67 bits per heavy atom. The third-order valence-corrected chi connectivity index (χ3v) is 4.20. The molecule has 0 saturated carbocycles. The van der Waals surface area contributed by atoms with Crippen LogP contribution in [-0.4, -0.2) is 31.3 Å². The topological polar surface area (TPSA) is 60.9 Å². The van der Waals surface area contributed by atoms with Crippen LogP contribution in [0.4, 0.5) is 0 Å². The Morgan fingerprint density at radius 3 is 2.93 bits per heavy atom. The molecule has 0 aromatic carbocycles. The zero-order chi connectivity index (χ0) is 11.3. The van der Waals surface area contributed by atoms with Gasteiger partial charge in [-0.1, -0.05) is 6.92 Å². The van der Waals surface area contributed by atoms with Gasteiger partial charge in [0.25, 0.3) is 0 Å². The van der Waals surface area contributed by atoms with Gasteiger partial charge in [-0.15, -0.1) is 0 Å². The molecule has 2 atom stereocenters. The summed E-state index contributed by atoms with van der Waals surface area (Å²) in [6, 6.07) is 0. The minimum atomic E-state index is -0.786. The van der Waals surface area contributed by atoms with Gasteiger partial charge in [0.05, 0.1) is 0 Å². The molecular weight excluding hydrogens is 210 g/mol. The maximum Gasteiger partial charge on any atom is 0.105 e. The van der Waals surface area contributed by atoms with Gasteiger partial charge in [-0.2, -0.15) is 0 Å². The van der Waals surface area contributed by atoms with Gasteiger partial charge in [0.15, 0.2) is 0 Å². The Hall–Kier alpha value is -0.680. The number of nitrogens with zero attached hydrogens (tertiary/aromatic N) is 2. The zero-order valence-corrected chi connectivity index (χ0v) is 10.2. The predicted molar refractivity (Wildman–Crippen MR) is 63.1 cm³/mol. The molecule has 1 rings (SSSR count). The van der Waals surface area contributed by atoms with Crippen LogP contribution in [0.15, 0.2) is 12.4 Å². The lowest BCUT2D eigenvalue weighted by molar-refractivity contribution is 0.653. The van der Waals surface area contributed by atoms with Gasteiger partial charge in [0, 0.05) is 40.7 Å². The van der Waals surface area contributed by atoms with Crippen molar-refractivity contribution in [2.24, 2.45) is 5.73 Å². The molecule has 86 valence electrons. The number of aromatic nitrogens is 2. The smallest absolute Gasteiger partial charge is 0.105 e. The molecule has 0 saturated heterocycles. The third-order valence-electron chi connectivity index (χ3n) is 2.48. The number of rotatable bonds is 6. The summed E-state index contributed by atoms with van der Waals surface area (Å²) in [4.78, 5) is 4.12. The summed E-state index contributed by atoms with van der Waals surface area (Å²) in [5, 5.41) is 0.193. The summed E-state index contributed by atoms with van der Waals surface area (Å²) in [6.45, 7) is 5.32. The molecular formula is C10H19N3OS. The quantitative estimate of drug-likeness (QED) is 0.780. The van der Waals surface area contributed by atoms with E-state index in [-0.39, 0.29) is 5.25 Å². The number of aryl methyl sites for hydroxylation is 2. The normalized spacial score (nSPS) is 15.1. The molecule has 15 heavy (non-hydrogen) atoms. The van der Waals surface area contributed by atoms with E-state index in [4.69, 9.17) is 5.73 Å². The van der Waals surface area contributed by atoms with Gasteiger partial charge in [0.1, 0.15) is 5.82 Å². The zero-order valence-electron chi connectivity index (χ0n) is 9.35. The molecule has 4 nitrogen and oxygen atoms in total. The van der Waals surface area contributed by atoms with Crippen LogP contribution in [0.1, 0.15) is 19.2 Å². The number of nitrogens with two attached hydrogens (primary N) is 1. The first-order valence-corrected chi connectivity index (χ1v) is 6.58. The van der Waals surface area contributed by atoms with Crippen molar-refractivity contribution in [1.29, 1.82) is 0 Å². The number of hydrogen-bond donors (Lipinski definition) is 1. The van der Waals surface area contributed by atoms with Gasteiger partial charge < -0.3 is 10.3 Å². The SMILES string of the molecule is Cc1nccn1CCS(=O)C(C)CCN. The molecule has 5 heteroatoms. The summed E-state index contributed by atoms with van der Waals surface area (Å²) in [5.41, 5.74) is 5.43. The van der Waals surface area contributed by atoms with Crippen LogP contribution in [0.5, 0.6) is 0 Å². The Morgan fingerprint density at radius 2 is 2.40 bits per heavy atom. The fourth-order valence-corrected chi connectivity index (χ4v) is 2.57. The van der Waals surface area contributed by atoms with Gasteiger partial charge in [0.2, 0.25) is 0 Å². The fraction of sp³-hybridized carbons (Fsp3) is 0.700. The fourth-order valence-electron chi connectivity index (χ4n) is 1.40. The van der Waals surface area contributed by atoms with Crippen LogP contribution < -0.4 is 5.73 Å². The average molecular weight is 229 g/mol. The molecule has 0 amide bonds. The van der Waals surface area contributed by atoms with Crippen molar-refractivity contribution in [3.63, 3.8) is 0 Å². The molecule has 1 aromatic heterocycles. The minimum absolute atomic E-state index is 0.193. The van der Waals surface area contributed by atoms with E-state index in [1.54, 1.807) is 6.20 Å². The van der Waals surface area contributed by atoms with Crippen LogP contribution in [0.2, 0.25) is 0 Å². The highest BCUT2D eigenvalue weighted by Gasteiger charge is 2.10. The standard InChI is InChI=1S/C10H19N3OS/c1-9(3-4-11)15(14)8-7-13-6-5-12-10(13)2/h5-6,9H,3-4,7-8,11H2,1-2H3. The maximum absolute atomic E-state index is 11.8. The van der Waals surface area contributed by atoms with Crippen molar-refractivity contribution in [2.75, 3.05) is 12.3 Å². The average Bonchev–Trinajstić information content (AvgIpc) is 2.61. The summed E-state index contributed by atoms with van der Waals surface area (Å²) >= 11 is 0. The van der Waals surface area contributed by atoms with Crippen LogP contribution in [0.25, 0.3) is 0 Å². The Labute approximate surface area is 93.3 Å². The van der Waals surface area contributed by atoms with Crippen molar-refractivity contribution in [2.45, 2.75) is 32.1 Å². The minimum Gasteiger partial charge on any atom is -0.334 e. The monoisotopic (exact) mass is 229 g/mol. The number of hydrogen-bond acceptors (Lipinski definition) is 3. The van der Waals surface area contributed by atoms with E-state index in [1.807, 2.05) is 24.6 Å². The van der Waals surface area contributed by atoms with E-state index in [1.165, 1.54) is 0 Å². The highest BCUT2D eigenvalue weighted by atomic mass is 32.2. The van der Waals surface area contributed by atoms with Crippen LogP contribution in [-0.2, 0) is 17.3 Å². The van der Waals surface area contributed by atoms with Crippen molar-refractivity contribution in [3.05, 3.63) is 18.2 Å². The van der Waals surface area contributed by atoms with Crippen molar-refractivity contribution >= 4 is 10.8 Å². The van der Waals surface area contributed by atoms with Gasteiger partial charge in [-0.25, -0.2) is 4.98 Å². The number of imidazole rings is 1. The lowest BCUT2D eigenvalue weighted by Gasteiger charge is -2.10. The van der Waals surface area contributed by atoms with E-state index in [9.17, 15) is 4.21 Å². The Balaban J connectivity index is 2.37. The van der Waals surface area contributed by atoms with E-state index in [0.717, 1.165) is 18.8 Å². The molecule has 0 aliphatic carbocycles. The first-order chi connectivity index (χ1) is 7.15. The summed E-state index contributed by atoms with van der Waals surface area (Å²) in [5.74, 6) is 1.65. The van der Waals surface area contributed by atoms with E-state index >= 15 is 0 Å². The summed E-state index contributed by atoms with van der Waals surface area (Å²) in [6.07, 6.45) is 4.51. The Bertz CT molecular complexity index is 324. The van der Waals surface area contributed by atoms with Crippen molar-refractivity contribution in [1.82, 2.24) is 9.55 Å². The van der Waals surface area contributed by atoms with Gasteiger partial charge >= 0.3 is 0 Å². The van der Waals surface area contributed by atoms with Gasteiger partial charge in [-0.05, 0) is 19.9 Å². The molecule has 0 fully saturated rings. The lowest BCUT2D eigenvalue weighted by Crippen LogP contribution is -2.20. The van der Waals surface area contributed by atoms with E-state index in [0.29, 0.717) is 12.3 Å². The first kappa shape index (κ1) is 12.4. The van der Waals surface area contributed by atoms with Crippen LogP contribution >= 0.6 is 0 Å². The van der Waals surface area contributed by atoms with E-state index in [2.05, 4.69) is 4.98 Å². The Kier molecular flexibility index (Phi) is 4.98. The second-order valence-electron chi connectivity index (χ2n) is 3.64. The van der Waals surface area contributed by atoms with Crippen molar-refractivity contribution < 1.29 is 4.21 Å². The largest absolute Gasteiger partial charge is 0.334 e. The second-order valence-corrected chi connectivity index (χ2v) is 5.62. The summed E-state index contributed by atoms with van der Waals surface area (Å²) in [7, 11) is -0.786. The maximum atomic E-state index is 11.8. The molecule has 0 radical (unpaired) electrons. The van der Waals surface area contributed by atoms with Crippen LogP contribution in [0, 0.1) is 6.92 Å². The summed E-state index contributed by atoms with van der Waals surface area (Å²) < 4.78 is 13.8.